The van der Waals surface area contributed by atoms with E-state index >= 15 is 0 Å². The second-order valence-corrected chi connectivity index (χ2v) is 1.28. The molecule has 0 spiro atoms. The fourth-order valence-corrected chi connectivity index (χ4v) is 0.460. The van der Waals surface area contributed by atoms with Crippen molar-refractivity contribution in [1.82, 2.24) is 5.43 Å². The van der Waals surface area contributed by atoms with Gasteiger partial charge in [0.2, 0.25) is 0 Å². The van der Waals surface area contributed by atoms with Crippen LogP contribution in [0.25, 0.3) is 0 Å². The number of quaternary nitrogens is 1. The van der Waals surface area contributed by atoms with E-state index in [2.05, 4.69) is 10.4 Å². The van der Waals surface area contributed by atoms with E-state index in [-0.39, 0.29) is 0 Å². The first kappa shape index (κ1) is 4.33. The number of amidine groups is 1. The van der Waals surface area contributed by atoms with Gasteiger partial charge in [0.15, 0.2) is 5.84 Å². The largest absolute Gasteiger partial charge is 0.268 e. The molecule has 0 unspecified atom stereocenters. The summed E-state index contributed by atoms with van der Waals surface area (Å²) in [6, 6.07) is 0. The summed E-state index contributed by atoms with van der Waals surface area (Å²) in [5, 5.41) is 0. The van der Waals surface area contributed by atoms with Crippen molar-refractivity contribution in [1.29, 1.82) is 0 Å². The molecule has 38 valence electrons. The monoisotopic (exact) mass is 98.1 g/mol. The van der Waals surface area contributed by atoms with Crippen molar-refractivity contribution in [2.45, 2.75) is 0 Å². The summed E-state index contributed by atoms with van der Waals surface area (Å²) in [6.07, 6.45) is 3.84. The molecule has 0 saturated heterocycles. The van der Waals surface area contributed by atoms with E-state index in [4.69, 9.17) is 0 Å². The number of nitrogens with one attached hydrogen (secondary N) is 1. The Hall–Kier alpha value is -0.830. The van der Waals surface area contributed by atoms with Gasteiger partial charge in [-0.2, -0.15) is 0 Å². The van der Waals surface area contributed by atoms with E-state index in [9.17, 15) is 0 Å². The van der Waals surface area contributed by atoms with Crippen molar-refractivity contribution in [2.75, 3.05) is 7.05 Å². The molecule has 0 atom stereocenters. The Balaban J connectivity index is 2.59. The van der Waals surface area contributed by atoms with Crippen LogP contribution in [-0.2, 0) is 0 Å². The third-order valence-corrected chi connectivity index (χ3v) is 0.822. The van der Waals surface area contributed by atoms with Gasteiger partial charge in [-0.3, -0.25) is 4.99 Å². The standard InChI is InChI=1S/C4H7N3/c1-5-4-2-3-6-7-4/h2-3H,1H3,(H2,5,6,7)/p+1. The van der Waals surface area contributed by atoms with Gasteiger partial charge in [0.25, 0.3) is 0 Å². The highest BCUT2D eigenvalue weighted by atomic mass is 15.4. The summed E-state index contributed by atoms with van der Waals surface area (Å²) >= 11 is 0. The van der Waals surface area contributed by atoms with Gasteiger partial charge < -0.3 is 0 Å². The summed E-state index contributed by atoms with van der Waals surface area (Å²) < 4.78 is 0. The van der Waals surface area contributed by atoms with Gasteiger partial charge in [-0.25, -0.2) is 10.9 Å². The first-order valence-corrected chi connectivity index (χ1v) is 2.16. The minimum Gasteiger partial charge on any atom is -0.268 e. The second-order valence-electron chi connectivity index (χ2n) is 1.28. The molecule has 1 aliphatic heterocycles. The van der Waals surface area contributed by atoms with Gasteiger partial charge in [-0.1, -0.05) is 0 Å². The lowest BCUT2D eigenvalue weighted by Crippen LogP contribution is -2.86. The molecule has 1 heterocycles. The van der Waals surface area contributed by atoms with Crippen molar-refractivity contribution in [3.8, 4) is 0 Å². The summed E-state index contributed by atoms with van der Waals surface area (Å²) in [5.41, 5.74) is 4.77. The van der Waals surface area contributed by atoms with Crippen LogP contribution in [0.4, 0.5) is 0 Å². The Morgan fingerprint density at radius 3 is 3.00 bits per heavy atom. The highest BCUT2D eigenvalue weighted by molar-refractivity contribution is 5.92. The lowest BCUT2D eigenvalue weighted by atomic mass is 10.6. The summed E-state index contributed by atoms with van der Waals surface area (Å²) in [7, 11) is 1.76. The highest BCUT2D eigenvalue weighted by Gasteiger charge is 1.97. The predicted molar refractivity (Wildman–Crippen MR) is 27.6 cm³/mol. The molecule has 3 nitrogen and oxygen atoms in total. The molecule has 0 aliphatic carbocycles. The Kier molecular flexibility index (Phi) is 1.08. The molecule has 0 bridgehead atoms. The van der Waals surface area contributed by atoms with Gasteiger partial charge >= 0.3 is 0 Å². The minimum absolute atomic E-state index is 0.931. The molecule has 0 aromatic rings. The molecule has 1 aliphatic rings. The number of nitrogens with two attached hydrogens (primary N) is 1. The van der Waals surface area contributed by atoms with Crippen LogP contribution in [0.1, 0.15) is 0 Å². The summed E-state index contributed by atoms with van der Waals surface area (Å²) in [5.74, 6) is 0.931. The second kappa shape index (κ2) is 1.75. The summed E-state index contributed by atoms with van der Waals surface area (Å²) in [4.78, 5) is 3.88. The Morgan fingerprint density at radius 1 is 1.86 bits per heavy atom. The van der Waals surface area contributed by atoms with Crippen LogP contribution < -0.4 is 10.9 Å². The molecule has 0 saturated carbocycles. The molecule has 0 radical (unpaired) electrons. The quantitative estimate of drug-likeness (QED) is 0.360. The maximum atomic E-state index is 3.88. The van der Waals surface area contributed by atoms with Gasteiger partial charge in [-0.05, 0) is 0 Å². The number of aliphatic imine (C=N–C) groups is 1. The molecule has 0 aromatic carbocycles. The minimum atomic E-state index is 0.931. The third kappa shape index (κ3) is 0.778. The smallest absolute Gasteiger partial charge is 0.174 e. The number of hydrogen-bond donors (Lipinski definition) is 2. The van der Waals surface area contributed by atoms with Crippen molar-refractivity contribution in [2.24, 2.45) is 4.99 Å². The molecular weight excluding hydrogens is 90.1 g/mol. The predicted octanol–water partition coefficient (Wildman–Crippen LogP) is -1.39. The molecule has 0 fully saturated rings. The first-order chi connectivity index (χ1) is 3.43. The van der Waals surface area contributed by atoms with Crippen molar-refractivity contribution < 1.29 is 5.43 Å². The topological polar surface area (TPSA) is 41.0 Å². The molecule has 3 heteroatoms. The van der Waals surface area contributed by atoms with Crippen LogP contribution in [0.5, 0.6) is 0 Å². The van der Waals surface area contributed by atoms with Crippen molar-refractivity contribution in [3.05, 3.63) is 12.3 Å². The van der Waals surface area contributed by atoms with E-state index in [1.54, 1.807) is 7.05 Å². The molecular formula is C4H8N3+. The van der Waals surface area contributed by atoms with Crippen LogP contribution >= 0.6 is 0 Å². The van der Waals surface area contributed by atoms with Gasteiger partial charge in [0.1, 0.15) is 6.20 Å². The van der Waals surface area contributed by atoms with Gasteiger partial charge in [-0.15, -0.1) is 0 Å². The third-order valence-electron chi connectivity index (χ3n) is 0.822. The number of hydrogen-bond acceptors (Lipinski definition) is 1. The molecule has 7 heavy (non-hydrogen) atoms. The average Bonchev–Trinajstić information content (AvgIpc) is 2.14. The van der Waals surface area contributed by atoms with E-state index in [1.807, 2.05) is 17.7 Å². The van der Waals surface area contributed by atoms with Crippen LogP contribution in [0.2, 0.25) is 0 Å². The lowest BCUT2D eigenvalue weighted by molar-refractivity contribution is -0.626. The van der Waals surface area contributed by atoms with Crippen LogP contribution in [-0.4, -0.2) is 12.9 Å². The fraction of sp³-hybridized carbons (Fsp3) is 0.250. The zero-order chi connectivity index (χ0) is 5.11. The zero-order valence-electron chi connectivity index (χ0n) is 4.18. The molecule has 0 aromatic heterocycles. The summed E-state index contributed by atoms with van der Waals surface area (Å²) in [6.45, 7) is 0. The van der Waals surface area contributed by atoms with E-state index in [0.29, 0.717) is 0 Å². The Bertz CT molecular complexity index is 111. The average molecular weight is 98.1 g/mol. The van der Waals surface area contributed by atoms with Crippen molar-refractivity contribution >= 4 is 5.84 Å². The highest BCUT2D eigenvalue weighted by Crippen LogP contribution is 1.71. The maximum absolute atomic E-state index is 3.88. The van der Waals surface area contributed by atoms with E-state index in [1.165, 1.54) is 0 Å². The fourth-order valence-electron chi connectivity index (χ4n) is 0.460. The zero-order valence-corrected chi connectivity index (χ0v) is 4.18. The molecule has 3 N–H and O–H groups in total. The first-order valence-electron chi connectivity index (χ1n) is 2.16. The van der Waals surface area contributed by atoms with E-state index < -0.39 is 0 Å². The Morgan fingerprint density at radius 2 is 2.71 bits per heavy atom. The van der Waals surface area contributed by atoms with Crippen LogP contribution in [0, 0.1) is 0 Å². The molecule has 1 rings (SSSR count). The van der Waals surface area contributed by atoms with Crippen LogP contribution in [0.3, 0.4) is 0 Å². The van der Waals surface area contributed by atoms with Gasteiger partial charge in [0, 0.05) is 13.1 Å². The normalized spacial score (nSPS) is 23.3. The Labute approximate surface area is 42.1 Å². The number of rotatable bonds is 0. The lowest BCUT2D eigenvalue weighted by Gasteiger charge is -1.86. The van der Waals surface area contributed by atoms with Gasteiger partial charge in [0.05, 0.1) is 0 Å². The van der Waals surface area contributed by atoms with Crippen molar-refractivity contribution in [3.63, 3.8) is 0 Å². The maximum Gasteiger partial charge on any atom is 0.174 e. The van der Waals surface area contributed by atoms with Crippen LogP contribution in [0.15, 0.2) is 17.3 Å². The van der Waals surface area contributed by atoms with E-state index in [0.717, 1.165) is 5.84 Å². The molecule has 0 amide bonds. The SMILES string of the molecule is CN=C1C=C[NH2+]N1. The number of nitrogens with zero attached hydrogens (tertiary/aromatic N) is 1.